The van der Waals surface area contributed by atoms with Gasteiger partial charge in [0, 0.05) is 12.1 Å². The highest BCUT2D eigenvalue weighted by Crippen LogP contribution is 2.31. The zero-order chi connectivity index (χ0) is 15.8. The molecule has 0 saturated carbocycles. The van der Waals surface area contributed by atoms with Gasteiger partial charge in [-0.2, -0.15) is 0 Å². The van der Waals surface area contributed by atoms with Crippen molar-refractivity contribution in [2.45, 2.75) is 25.6 Å². The van der Waals surface area contributed by atoms with E-state index in [9.17, 15) is 4.79 Å². The van der Waals surface area contributed by atoms with Gasteiger partial charge in [-0.1, -0.05) is 30.3 Å². The number of hydrogen-bond donors (Lipinski definition) is 3. The summed E-state index contributed by atoms with van der Waals surface area (Å²) in [6, 6.07) is 13.7. The van der Waals surface area contributed by atoms with Gasteiger partial charge in [-0.25, -0.2) is 0 Å². The standard InChI is InChI=1S/C18H19N3O2/c1-11-5-4-6-12-9-14(21-17(11)12)18(22)19-10-16-20-13-7-2-3-8-15(13)23-16/h2-8,14,16,20-21H,9-10H2,1H3,(H,19,22). The summed E-state index contributed by atoms with van der Waals surface area (Å²) in [4.78, 5) is 12.4. The van der Waals surface area contributed by atoms with Gasteiger partial charge < -0.3 is 20.7 Å². The van der Waals surface area contributed by atoms with Crippen LogP contribution in [-0.2, 0) is 11.2 Å². The van der Waals surface area contributed by atoms with Crippen LogP contribution in [0.5, 0.6) is 5.75 Å². The molecule has 23 heavy (non-hydrogen) atoms. The van der Waals surface area contributed by atoms with E-state index in [1.807, 2.05) is 30.3 Å². The van der Waals surface area contributed by atoms with Crippen LogP contribution in [-0.4, -0.2) is 24.7 Å². The second-order valence-corrected chi connectivity index (χ2v) is 6.00. The lowest BCUT2D eigenvalue weighted by molar-refractivity contribution is -0.122. The van der Waals surface area contributed by atoms with Crippen molar-refractivity contribution in [2.75, 3.05) is 17.2 Å². The third-order valence-electron chi connectivity index (χ3n) is 4.35. The Morgan fingerprint density at radius 3 is 2.91 bits per heavy atom. The van der Waals surface area contributed by atoms with Crippen molar-refractivity contribution in [2.24, 2.45) is 0 Å². The van der Waals surface area contributed by atoms with E-state index in [4.69, 9.17) is 4.74 Å². The van der Waals surface area contributed by atoms with Crippen molar-refractivity contribution in [3.05, 3.63) is 53.6 Å². The van der Waals surface area contributed by atoms with Crippen LogP contribution in [0.2, 0.25) is 0 Å². The Morgan fingerprint density at radius 2 is 2.09 bits per heavy atom. The Labute approximate surface area is 135 Å². The largest absolute Gasteiger partial charge is 0.467 e. The SMILES string of the molecule is Cc1cccc2c1NC(C(=O)NCC1Nc3ccccc3O1)C2. The van der Waals surface area contributed by atoms with Gasteiger partial charge in [0.2, 0.25) is 5.91 Å². The number of aryl methyl sites for hydroxylation is 1. The number of rotatable bonds is 3. The predicted molar refractivity (Wildman–Crippen MR) is 89.8 cm³/mol. The van der Waals surface area contributed by atoms with Crippen molar-refractivity contribution in [1.82, 2.24) is 5.32 Å². The number of ether oxygens (including phenoxy) is 1. The summed E-state index contributed by atoms with van der Waals surface area (Å²) in [5, 5.41) is 9.54. The average molecular weight is 309 g/mol. The molecule has 118 valence electrons. The highest BCUT2D eigenvalue weighted by molar-refractivity contribution is 5.88. The lowest BCUT2D eigenvalue weighted by atomic mass is 10.1. The Balaban J connectivity index is 1.33. The molecule has 0 aromatic heterocycles. The molecular formula is C18H19N3O2. The highest BCUT2D eigenvalue weighted by atomic mass is 16.5. The lowest BCUT2D eigenvalue weighted by Crippen LogP contribution is -2.44. The first-order valence-corrected chi connectivity index (χ1v) is 7.85. The highest BCUT2D eigenvalue weighted by Gasteiger charge is 2.29. The minimum Gasteiger partial charge on any atom is -0.467 e. The molecule has 2 aromatic carbocycles. The normalized spacial score (nSPS) is 20.7. The summed E-state index contributed by atoms with van der Waals surface area (Å²) < 4.78 is 5.75. The molecule has 0 fully saturated rings. The molecule has 0 bridgehead atoms. The van der Waals surface area contributed by atoms with E-state index >= 15 is 0 Å². The fourth-order valence-electron chi connectivity index (χ4n) is 3.16. The van der Waals surface area contributed by atoms with Crippen molar-refractivity contribution in [3.63, 3.8) is 0 Å². The summed E-state index contributed by atoms with van der Waals surface area (Å²) in [7, 11) is 0. The monoisotopic (exact) mass is 309 g/mol. The molecule has 0 saturated heterocycles. The van der Waals surface area contributed by atoms with Gasteiger partial charge in [-0.3, -0.25) is 4.79 Å². The van der Waals surface area contributed by atoms with E-state index in [1.165, 1.54) is 11.1 Å². The number of anilines is 2. The fraction of sp³-hybridized carbons (Fsp3) is 0.278. The maximum absolute atomic E-state index is 12.4. The summed E-state index contributed by atoms with van der Waals surface area (Å²) in [5.74, 6) is 0.829. The summed E-state index contributed by atoms with van der Waals surface area (Å²) >= 11 is 0. The number of nitrogens with one attached hydrogen (secondary N) is 3. The van der Waals surface area contributed by atoms with E-state index in [0.29, 0.717) is 6.54 Å². The van der Waals surface area contributed by atoms with Crippen LogP contribution >= 0.6 is 0 Å². The van der Waals surface area contributed by atoms with E-state index < -0.39 is 0 Å². The zero-order valence-electron chi connectivity index (χ0n) is 12.9. The maximum atomic E-state index is 12.4. The number of benzene rings is 2. The minimum atomic E-state index is -0.220. The molecule has 2 heterocycles. The summed E-state index contributed by atoms with van der Waals surface area (Å²) in [5.41, 5.74) is 4.44. The van der Waals surface area contributed by atoms with Crippen molar-refractivity contribution < 1.29 is 9.53 Å². The third-order valence-corrected chi connectivity index (χ3v) is 4.35. The lowest BCUT2D eigenvalue weighted by Gasteiger charge is -2.16. The molecule has 2 unspecified atom stereocenters. The van der Waals surface area contributed by atoms with Crippen LogP contribution in [0.15, 0.2) is 42.5 Å². The number of fused-ring (bicyclic) bond motifs is 2. The Kier molecular flexibility index (Phi) is 3.33. The van der Waals surface area contributed by atoms with E-state index in [-0.39, 0.29) is 18.2 Å². The van der Waals surface area contributed by atoms with Gasteiger partial charge in [0.1, 0.15) is 11.8 Å². The number of para-hydroxylation sites is 3. The van der Waals surface area contributed by atoms with Crippen LogP contribution < -0.4 is 20.7 Å². The van der Waals surface area contributed by atoms with Gasteiger partial charge >= 0.3 is 0 Å². The van der Waals surface area contributed by atoms with Crippen molar-refractivity contribution >= 4 is 17.3 Å². The van der Waals surface area contributed by atoms with Gasteiger partial charge in [-0.15, -0.1) is 0 Å². The van der Waals surface area contributed by atoms with Crippen LogP contribution in [0.4, 0.5) is 11.4 Å². The second kappa shape index (κ2) is 5.50. The molecule has 3 N–H and O–H groups in total. The maximum Gasteiger partial charge on any atom is 0.243 e. The summed E-state index contributed by atoms with van der Waals surface area (Å²) in [6.07, 6.45) is 0.504. The minimum absolute atomic E-state index is 0.00181. The van der Waals surface area contributed by atoms with E-state index in [2.05, 4.69) is 35.0 Å². The van der Waals surface area contributed by atoms with Crippen molar-refractivity contribution in [3.8, 4) is 5.75 Å². The first-order chi connectivity index (χ1) is 11.2. The molecule has 2 aliphatic rings. The Bertz CT molecular complexity index is 735. The average Bonchev–Trinajstić information content (AvgIpc) is 3.17. The molecule has 2 aromatic rings. The molecule has 0 aliphatic carbocycles. The number of amides is 1. The fourth-order valence-corrected chi connectivity index (χ4v) is 3.16. The van der Waals surface area contributed by atoms with Crippen molar-refractivity contribution in [1.29, 1.82) is 0 Å². The van der Waals surface area contributed by atoms with E-state index in [1.54, 1.807) is 0 Å². The molecule has 2 aliphatic heterocycles. The first-order valence-electron chi connectivity index (χ1n) is 7.85. The molecule has 4 rings (SSSR count). The number of hydrogen-bond acceptors (Lipinski definition) is 4. The smallest absolute Gasteiger partial charge is 0.243 e. The van der Waals surface area contributed by atoms with Crippen LogP contribution in [0.25, 0.3) is 0 Å². The van der Waals surface area contributed by atoms with Crippen LogP contribution in [0.3, 0.4) is 0 Å². The molecule has 5 nitrogen and oxygen atoms in total. The van der Waals surface area contributed by atoms with Gasteiger partial charge in [0.25, 0.3) is 0 Å². The van der Waals surface area contributed by atoms with Crippen LogP contribution in [0.1, 0.15) is 11.1 Å². The Hall–Kier alpha value is -2.69. The quantitative estimate of drug-likeness (QED) is 0.814. The molecular weight excluding hydrogens is 290 g/mol. The number of carbonyl (C=O) groups is 1. The van der Waals surface area contributed by atoms with Gasteiger partial charge in [0.15, 0.2) is 6.23 Å². The Morgan fingerprint density at radius 1 is 1.22 bits per heavy atom. The predicted octanol–water partition coefficient (Wildman–Crippen LogP) is 2.28. The molecule has 5 heteroatoms. The third kappa shape index (κ3) is 2.59. The molecule has 0 radical (unpaired) electrons. The van der Waals surface area contributed by atoms with Crippen LogP contribution in [0, 0.1) is 6.92 Å². The molecule has 1 amide bonds. The van der Waals surface area contributed by atoms with E-state index in [0.717, 1.165) is 23.5 Å². The molecule has 2 atom stereocenters. The number of carbonyl (C=O) groups excluding carboxylic acids is 1. The second-order valence-electron chi connectivity index (χ2n) is 6.00. The topological polar surface area (TPSA) is 62.4 Å². The van der Waals surface area contributed by atoms with Gasteiger partial charge in [-0.05, 0) is 30.2 Å². The zero-order valence-corrected chi connectivity index (χ0v) is 12.9. The molecule has 0 spiro atoms. The van der Waals surface area contributed by atoms with Gasteiger partial charge in [0.05, 0.1) is 12.2 Å². The summed E-state index contributed by atoms with van der Waals surface area (Å²) in [6.45, 7) is 2.49. The first kappa shape index (κ1) is 13.9.